The van der Waals surface area contributed by atoms with E-state index in [0.717, 1.165) is 37.8 Å². The zero-order valence-corrected chi connectivity index (χ0v) is 9.91. The number of carbonyl (C=O) groups is 1. The van der Waals surface area contributed by atoms with Crippen LogP contribution in [0, 0.1) is 22.7 Å². The molecule has 0 saturated heterocycles. The number of hydrogen-bond acceptors (Lipinski definition) is 3. The number of nitrogens with zero attached hydrogens (tertiary/aromatic N) is 2. The molecule has 0 aliphatic heterocycles. The van der Waals surface area contributed by atoms with E-state index >= 15 is 0 Å². The lowest BCUT2D eigenvalue weighted by Crippen LogP contribution is -2.39. The number of nitrogens with one attached hydrogen (secondary N) is 1. The van der Waals surface area contributed by atoms with Gasteiger partial charge in [0, 0.05) is 12.1 Å². The van der Waals surface area contributed by atoms with Crippen molar-refractivity contribution in [3.8, 4) is 6.07 Å². The first-order chi connectivity index (χ1) is 8.16. The minimum absolute atomic E-state index is 0.241. The van der Waals surface area contributed by atoms with E-state index in [1.165, 1.54) is 6.42 Å². The van der Waals surface area contributed by atoms with Crippen molar-refractivity contribution in [1.29, 1.82) is 5.26 Å². The number of carbonyl (C=O) groups excluding carboxylic acids is 1. The van der Waals surface area contributed by atoms with Gasteiger partial charge in [0.05, 0.1) is 11.5 Å². The normalized spacial score (nSPS) is 34.8. The lowest BCUT2D eigenvalue weighted by Gasteiger charge is -2.42. The molecule has 3 N–H and O–H groups in total. The second-order valence-electron chi connectivity index (χ2n) is 5.08. The Morgan fingerprint density at radius 1 is 1.53 bits per heavy atom. The van der Waals surface area contributed by atoms with Crippen LogP contribution in [0.2, 0.25) is 0 Å². The molecule has 5 heteroatoms. The number of nitriles is 1. The van der Waals surface area contributed by atoms with Crippen LogP contribution in [0.25, 0.3) is 0 Å². The van der Waals surface area contributed by atoms with Gasteiger partial charge < -0.3 is 5.73 Å². The molecular weight excluding hydrogens is 216 g/mol. The summed E-state index contributed by atoms with van der Waals surface area (Å²) in [5, 5.41) is 13.5. The van der Waals surface area contributed by atoms with Gasteiger partial charge in [-0.25, -0.2) is 10.2 Å². The first-order valence-electron chi connectivity index (χ1n) is 6.18. The highest BCUT2D eigenvalue weighted by Crippen LogP contribution is 2.49. The van der Waals surface area contributed by atoms with Gasteiger partial charge >= 0.3 is 6.03 Å². The SMILES string of the molecule is N#C[C@@]12CCCC[C@H]1CC/C(=N/NC(N)=O)C2. The second kappa shape index (κ2) is 4.74. The number of fused-ring (bicyclic) bond motifs is 1. The van der Waals surface area contributed by atoms with Crippen LogP contribution in [0.4, 0.5) is 4.79 Å². The van der Waals surface area contributed by atoms with E-state index in [0.29, 0.717) is 12.3 Å². The fourth-order valence-electron chi connectivity index (χ4n) is 3.17. The lowest BCUT2D eigenvalue weighted by molar-refractivity contribution is 0.144. The first kappa shape index (κ1) is 11.9. The van der Waals surface area contributed by atoms with E-state index < -0.39 is 6.03 Å². The molecule has 0 bridgehead atoms. The monoisotopic (exact) mass is 234 g/mol. The summed E-state index contributed by atoms with van der Waals surface area (Å²) < 4.78 is 0. The summed E-state index contributed by atoms with van der Waals surface area (Å²) >= 11 is 0. The van der Waals surface area contributed by atoms with Gasteiger partial charge in [0.2, 0.25) is 0 Å². The Morgan fingerprint density at radius 2 is 2.35 bits per heavy atom. The van der Waals surface area contributed by atoms with Gasteiger partial charge in [-0.2, -0.15) is 10.4 Å². The Balaban J connectivity index is 2.11. The van der Waals surface area contributed by atoms with Crippen LogP contribution in [0.15, 0.2) is 5.10 Å². The van der Waals surface area contributed by atoms with Crippen molar-refractivity contribution in [3.05, 3.63) is 0 Å². The van der Waals surface area contributed by atoms with Gasteiger partial charge in [-0.05, 0) is 31.6 Å². The highest BCUT2D eigenvalue weighted by Gasteiger charge is 2.44. The van der Waals surface area contributed by atoms with Crippen LogP contribution in [-0.4, -0.2) is 11.7 Å². The number of nitrogens with two attached hydrogens (primary N) is 1. The fourth-order valence-corrected chi connectivity index (χ4v) is 3.17. The van der Waals surface area contributed by atoms with Gasteiger partial charge in [-0.3, -0.25) is 0 Å². The summed E-state index contributed by atoms with van der Waals surface area (Å²) in [6, 6.07) is 1.87. The molecule has 0 spiro atoms. The quantitative estimate of drug-likeness (QED) is 0.678. The molecule has 5 nitrogen and oxygen atoms in total. The van der Waals surface area contributed by atoms with E-state index in [1.807, 2.05) is 0 Å². The standard InChI is InChI=1S/C12H18N4O/c13-8-12-6-2-1-3-9(12)4-5-10(7-12)15-16-11(14)17/h9H,1-7H2,(H3,14,16,17)/b15-10-/t9-,12-/m0/s1. The topological polar surface area (TPSA) is 91.3 Å². The molecule has 92 valence electrons. The number of hydrogen-bond donors (Lipinski definition) is 2. The van der Waals surface area contributed by atoms with E-state index in [-0.39, 0.29) is 5.41 Å². The average Bonchev–Trinajstić information content (AvgIpc) is 2.36. The number of amides is 2. The van der Waals surface area contributed by atoms with Crippen LogP contribution in [-0.2, 0) is 0 Å². The largest absolute Gasteiger partial charge is 0.350 e. The highest BCUT2D eigenvalue weighted by atomic mass is 16.2. The first-order valence-corrected chi connectivity index (χ1v) is 6.18. The molecule has 0 aromatic carbocycles. The van der Waals surface area contributed by atoms with Crippen molar-refractivity contribution in [2.24, 2.45) is 22.2 Å². The molecule has 2 aliphatic carbocycles. The molecule has 0 heterocycles. The second-order valence-corrected chi connectivity index (χ2v) is 5.08. The summed E-state index contributed by atoms with van der Waals surface area (Å²) in [4.78, 5) is 10.6. The van der Waals surface area contributed by atoms with E-state index in [2.05, 4.69) is 16.6 Å². The van der Waals surface area contributed by atoms with Crippen LogP contribution < -0.4 is 11.2 Å². The maximum atomic E-state index is 10.6. The molecule has 2 aliphatic rings. The Labute approximate surface area is 101 Å². The average molecular weight is 234 g/mol. The minimum Gasteiger partial charge on any atom is -0.350 e. The van der Waals surface area contributed by atoms with E-state index in [9.17, 15) is 10.1 Å². The molecule has 17 heavy (non-hydrogen) atoms. The zero-order valence-electron chi connectivity index (χ0n) is 9.91. The summed E-state index contributed by atoms with van der Waals surface area (Å²) in [7, 11) is 0. The van der Waals surface area contributed by atoms with Crippen LogP contribution in [0.3, 0.4) is 0 Å². The number of primary amides is 1. The summed E-state index contributed by atoms with van der Waals surface area (Å²) in [5.74, 6) is 0.508. The zero-order chi connectivity index (χ0) is 12.3. The molecule has 0 aromatic heterocycles. The molecular formula is C12H18N4O. The molecule has 0 aromatic rings. The molecule has 2 atom stereocenters. The lowest BCUT2D eigenvalue weighted by atomic mass is 9.60. The van der Waals surface area contributed by atoms with Gasteiger partial charge in [-0.15, -0.1) is 0 Å². The van der Waals surface area contributed by atoms with Crippen molar-refractivity contribution in [2.45, 2.75) is 44.9 Å². The molecule has 0 radical (unpaired) electrons. The van der Waals surface area contributed by atoms with Gasteiger partial charge in [0.1, 0.15) is 0 Å². The molecule has 0 unspecified atom stereocenters. The van der Waals surface area contributed by atoms with Crippen molar-refractivity contribution < 1.29 is 4.79 Å². The number of rotatable bonds is 1. The van der Waals surface area contributed by atoms with Gasteiger partial charge in [-0.1, -0.05) is 12.8 Å². The van der Waals surface area contributed by atoms with E-state index in [1.54, 1.807) is 0 Å². The predicted molar refractivity (Wildman–Crippen MR) is 64.0 cm³/mol. The summed E-state index contributed by atoms with van der Waals surface area (Å²) in [5.41, 5.74) is 7.92. The molecule has 2 amide bonds. The molecule has 2 fully saturated rings. The number of urea groups is 1. The number of hydrazone groups is 1. The fraction of sp³-hybridized carbons (Fsp3) is 0.750. The Bertz CT molecular complexity index is 384. The third-order valence-electron chi connectivity index (χ3n) is 4.05. The van der Waals surface area contributed by atoms with Crippen molar-refractivity contribution >= 4 is 11.7 Å². The third kappa shape index (κ3) is 2.41. The Kier molecular flexibility index (Phi) is 3.32. The van der Waals surface area contributed by atoms with Crippen LogP contribution in [0.5, 0.6) is 0 Å². The minimum atomic E-state index is -0.644. The Morgan fingerprint density at radius 3 is 3.06 bits per heavy atom. The summed E-state index contributed by atoms with van der Waals surface area (Å²) in [6.45, 7) is 0. The maximum absolute atomic E-state index is 10.6. The molecule has 2 saturated carbocycles. The maximum Gasteiger partial charge on any atom is 0.332 e. The highest BCUT2D eigenvalue weighted by molar-refractivity contribution is 5.87. The van der Waals surface area contributed by atoms with Crippen molar-refractivity contribution in [1.82, 2.24) is 5.43 Å². The predicted octanol–water partition coefficient (Wildman–Crippen LogP) is 1.89. The Hall–Kier alpha value is -1.57. The summed E-state index contributed by atoms with van der Waals surface area (Å²) in [6.07, 6.45) is 7.05. The van der Waals surface area contributed by atoms with E-state index in [4.69, 9.17) is 5.73 Å². The van der Waals surface area contributed by atoms with Crippen molar-refractivity contribution in [3.63, 3.8) is 0 Å². The molecule has 2 rings (SSSR count). The van der Waals surface area contributed by atoms with Crippen molar-refractivity contribution in [2.75, 3.05) is 0 Å². The smallest absolute Gasteiger partial charge is 0.332 e. The van der Waals surface area contributed by atoms with Crippen LogP contribution in [0.1, 0.15) is 44.9 Å². The van der Waals surface area contributed by atoms with Gasteiger partial charge in [0.15, 0.2) is 0 Å². The van der Waals surface area contributed by atoms with Gasteiger partial charge in [0.25, 0.3) is 0 Å². The van der Waals surface area contributed by atoms with Crippen LogP contribution >= 0.6 is 0 Å². The third-order valence-corrected chi connectivity index (χ3v) is 4.05.